The first-order valence-electron chi connectivity index (χ1n) is 11.1. The van der Waals surface area contributed by atoms with Crippen LogP contribution in [0.5, 0.6) is 5.75 Å². The van der Waals surface area contributed by atoms with E-state index >= 15 is 0 Å². The Labute approximate surface area is 206 Å². The smallest absolute Gasteiger partial charge is 0.490 e. The number of ether oxygens (including phenoxy) is 1. The van der Waals surface area contributed by atoms with Crippen LogP contribution in [0.2, 0.25) is 0 Å². The van der Waals surface area contributed by atoms with E-state index in [0.29, 0.717) is 5.69 Å². The summed E-state index contributed by atoms with van der Waals surface area (Å²) in [5, 5.41) is 16.1. The molecule has 194 valence electrons. The number of alkyl halides is 3. The summed E-state index contributed by atoms with van der Waals surface area (Å²) in [7, 11) is 1.60. The maximum atomic E-state index is 12.3. The predicted octanol–water partition coefficient (Wildman–Crippen LogP) is 3.30. The van der Waals surface area contributed by atoms with Crippen LogP contribution >= 0.6 is 0 Å². The number of aliphatic carboxylic acids is 1. The molecule has 0 saturated carbocycles. The molecule has 0 bridgehead atoms. The maximum absolute atomic E-state index is 12.3. The lowest BCUT2D eigenvalue weighted by Crippen LogP contribution is -2.54. The van der Waals surface area contributed by atoms with Crippen molar-refractivity contribution in [1.82, 2.24) is 10.6 Å². The van der Waals surface area contributed by atoms with Crippen LogP contribution in [-0.4, -0.2) is 54.8 Å². The van der Waals surface area contributed by atoms with Gasteiger partial charge in [0.15, 0.2) is 0 Å². The Bertz CT molecular complexity index is 1020. The van der Waals surface area contributed by atoms with Gasteiger partial charge in [-0.1, -0.05) is 36.4 Å². The van der Waals surface area contributed by atoms with Crippen LogP contribution in [0.3, 0.4) is 0 Å². The molecular weight excluding hydrogens is 479 g/mol. The number of anilines is 1. The number of benzene rings is 2. The lowest BCUT2D eigenvalue weighted by molar-refractivity contribution is -0.192. The number of halogens is 3. The Morgan fingerprint density at radius 1 is 1.14 bits per heavy atom. The number of rotatable bonds is 9. The first-order valence-corrected chi connectivity index (χ1v) is 11.1. The molecule has 11 heteroatoms. The number of amides is 2. The summed E-state index contributed by atoms with van der Waals surface area (Å²) < 4.78 is 36.9. The highest BCUT2D eigenvalue weighted by Crippen LogP contribution is 2.15. The molecule has 1 heterocycles. The van der Waals surface area contributed by atoms with Crippen molar-refractivity contribution in [2.45, 2.75) is 37.5 Å². The highest BCUT2D eigenvalue weighted by molar-refractivity contribution is 5.99. The topological polar surface area (TPSA) is 117 Å². The van der Waals surface area contributed by atoms with Gasteiger partial charge >= 0.3 is 12.1 Å². The quantitative estimate of drug-likeness (QED) is 0.387. The summed E-state index contributed by atoms with van der Waals surface area (Å²) in [5.74, 6) is -2.29. The first kappa shape index (κ1) is 28.4. The third-order valence-corrected chi connectivity index (χ3v) is 5.13. The van der Waals surface area contributed by atoms with Crippen molar-refractivity contribution in [3.8, 4) is 5.75 Å². The number of aryl methyl sites for hydroxylation is 1. The number of carboxylic acids is 1. The number of carbonyl (C=O) groups is 3. The molecule has 3 rings (SSSR count). The minimum atomic E-state index is -5.08. The van der Waals surface area contributed by atoms with Gasteiger partial charge in [0.05, 0.1) is 13.2 Å². The van der Waals surface area contributed by atoms with Crippen LogP contribution in [0, 0.1) is 0 Å². The fourth-order valence-electron chi connectivity index (χ4n) is 3.04. The van der Waals surface area contributed by atoms with Crippen molar-refractivity contribution in [3.05, 3.63) is 72.3 Å². The Hall–Kier alpha value is -3.86. The van der Waals surface area contributed by atoms with Gasteiger partial charge in [-0.15, -0.1) is 0 Å². The number of carbonyl (C=O) groups excluding carboxylic acids is 2. The zero-order valence-corrected chi connectivity index (χ0v) is 19.5. The van der Waals surface area contributed by atoms with Gasteiger partial charge in [0.2, 0.25) is 11.8 Å². The van der Waals surface area contributed by atoms with Crippen LogP contribution < -0.4 is 20.7 Å². The second-order valence-corrected chi connectivity index (χ2v) is 7.81. The Kier molecular flexibility index (Phi) is 10.9. The van der Waals surface area contributed by atoms with Gasteiger partial charge in [-0.05, 0) is 55.6 Å². The molecule has 2 aromatic carbocycles. The third kappa shape index (κ3) is 10.2. The summed E-state index contributed by atoms with van der Waals surface area (Å²) in [6.07, 6.45) is 0.536. The average Bonchev–Trinajstić information content (AvgIpc) is 2.80. The normalized spacial score (nSPS) is 15.6. The summed E-state index contributed by atoms with van der Waals surface area (Å²) in [6, 6.07) is 16.9. The van der Waals surface area contributed by atoms with E-state index in [-0.39, 0.29) is 23.9 Å². The molecule has 0 aliphatic carbocycles. The molecule has 0 aromatic heterocycles. The van der Waals surface area contributed by atoms with Crippen LogP contribution in [0.4, 0.5) is 18.9 Å². The molecule has 2 atom stereocenters. The van der Waals surface area contributed by atoms with Gasteiger partial charge in [0.25, 0.3) is 0 Å². The number of hydrogen-bond donors (Lipinski definition) is 4. The van der Waals surface area contributed by atoms with Crippen molar-refractivity contribution >= 4 is 23.5 Å². The molecule has 1 saturated heterocycles. The molecule has 36 heavy (non-hydrogen) atoms. The van der Waals surface area contributed by atoms with Gasteiger partial charge in [-0.2, -0.15) is 13.2 Å². The molecule has 1 aliphatic rings. The molecular formula is C25H28F3N3O5. The number of methoxy groups -OCH3 is 1. The lowest BCUT2D eigenvalue weighted by atomic mass is 10.0. The van der Waals surface area contributed by atoms with E-state index in [1.807, 2.05) is 18.2 Å². The maximum Gasteiger partial charge on any atom is 0.490 e. The van der Waals surface area contributed by atoms with Crippen LogP contribution in [-0.2, 0) is 20.8 Å². The van der Waals surface area contributed by atoms with Gasteiger partial charge < -0.3 is 25.8 Å². The molecule has 8 nitrogen and oxygen atoms in total. The largest absolute Gasteiger partial charge is 0.497 e. The fraction of sp³-hybridized carbons (Fsp3) is 0.320. The second-order valence-electron chi connectivity index (χ2n) is 7.81. The molecule has 0 radical (unpaired) electrons. The minimum Gasteiger partial charge on any atom is -0.497 e. The summed E-state index contributed by atoms with van der Waals surface area (Å²) in [6.45, 7) is 0.868. The highest BCUT2D eigenvalue weighted by Gasteiger charge is 2.38. The van der Waals surface area contributed by atoms with Crippen LogP contribution in [0.1, 0.15) is 18.4 Å². The van der Waals surface area contributed by atoms with E-state index in [1.54, 1.807) is 37.5 Å². The van der Waals surface area contributed by atoms with Crippen molar-refractivity contribution in [1.29, 1.82) is 0 Å². The number of nitrogens with one attached hydrogen (secondary N) is 3. The zero-order valence-electron chi connectivity index (χ0n) is 19.5. The van der Waals surface area contributed by atoms with Crippen molar-refractivity contribution in [3.63, 3.8) is 0 Å². The lowest BCUT2D eigenvalue weighted by Gasteiger charge is -2.28. The Morgan fingerprint density at radius 2 is 1.75 bits per heavy atom. The van der Waals surface area contributed by atoms with Crippen molar-refractivity contribution in [2.24, 2.45) is 0 Å². The van der Waals surface area contributed by atoms with Gasteiger partial charge in [0.1, 0.15) is 5.75 Å². The monoisotopic (exact) mass is 507 g/mol. The summed E-state index contributed by atoms with van der Waals surface area (Å²) in [4.78, 5) is 33.5. The van der Waals surface area contributed by atoms with Crippen LogP contribution in [0.15, 0.2) is 66.7 Å². The van der Waals surface area contributed by atoms with Gasteiger partial charge in [0, 0.05) is 17.8 Å². The zero-order chi connectivity index (χ0) is 26.6. The van der Waals surface area contributed by atoms with Gasteiger partial charge in [-0.3, -0.25) is 9.59 Å². The van der Waals surface area contributed by atoms with E-state index in [1.165, 1.54) is 11.6 Å². The molecule has 1 fully saturated rings. The molecule has 0 spiro atoms. The fourth-order valence-corrected chi connectivity index (χ4v) is 3.04. The summed E-state index contributed by atoms with van der Waals surface area (Å²) >= 11 is 0. The first-order chi connectivity index (χ1) is 17.1. The van der Waals surface area contributed by atoms with E-state index in [0.717, 1.165) is 31.6 Å². The molecule has 1 aliphatic heterocycles. The molecule has 2 amide bonds. The Morgan fingerprint density at radius 3 is 2.25 bits per heavy atom. The summed E-state index contributed by atoms with van der Waals surface area (Å²) in [5.41, 5.74) is 1.88. The highest BCUT2D eigenvalue weighted by atomic mass is 19.4. The van der Waals surface area contributed by atoms with E-state index < -0.39 is 12.1 Å². The second kappa shape index (κ2) is 13.9. The van der Waals surface area contributed by atoms with Gasteiger partial charge in [-0.25, -0.2) is 4.79 Å². The third-order valence-electron chi connectivity index (χ3n) is 5.13. The number of carboxylic acid groups (broad SMARTS) is 1. The van der Waals surface area contributed by atoms with E-state index in [4.69, 9.17) is 14.6 Å². The van der Waals surface area contributed by atoms with Crippen LogP contribution in [0.25, 0.3) is 0 Å². The van der Waals surface area contributed by atoms with Crippen molar-refractivity contribution in [2.75, 3.05) is 19.0 Å². The SMILES string of the molecule is COc1ccc(NC(=O)C=C[C@H](CCc2ccccc2)NC(=O)[C@@H]2CCN2)cc1.O=C(O)C(F)(F)F. The van der Waals surface area contributed by atoms with E-state index in [2.05, 4.69) is 28.1 Å². The minimum absolute atomic E-state index is 0.0190. The predicted molar refractivity (Wildman–Crippen MR) is 128 cm³/mol. The Balaban J connectivity index is 0.000000572. The average molecular weight is 508 g/mol. The van der Waals surface area contributed by atoms with Crippen molar-refractivity contribution < 1.29 is 37.4 Å². The van der Waals surface area contributed by atoms with E-state index in [9.17, 15) is 22.8 Å². The standard InChI is InChI=1S/C23H27N3O3.C2HF3O2/c1-29-20-12-9-18(10-13-20)25-22(27)14-11-19(26-23(28)21-15-16-24-21)8-7-17-5-3-2-4-6-17;3-2(4,5)1(6)7/h2-6,9-14,19,21,24H,7-8,15-16H2,1H3,(H,25,27)(H,26,28);(H,6,7)/t19-,21-;/m0./s1. The molecule has 4 N–H and O–H groups in total. The number of hydrogen-bond acceptors (Lipinski definition) is 5. The molecule has 0 unspecified atom stereocenters. The molecule has 2 aromatic rings.